The molecule has 1 atom stereocenters. The molecule has 2 aliphatic heterocycles. The summed E-state index contributed by atoms with van der Waals surface area (Å²) in [6, 6.07) is 10.4. The van der Waals surface area contributed by atoms with E-state index in [1.165, 1.54) is 11.8 Å². The van der Waals surface area contributed by atoms with E-state index >= 15 is 0 Å². The molecule has 1 spiro atoms. The van der Waals surface area contributed by atoms with Crippen LogP contribution < -0.4 is 21.5 Å². The lowest BCUT2D eigenvalue weighted by Crippen LogP contribution is -2.53. The maximum atomic E-state index is 13.6. The fourth-order valence-electron chi connectivity index (χ4n) is 5.32. The number of aliphatic hydroxyl groups is 6. The van der Waals surface area contributed by atoms with E-state index in [9.17, 15) is 14.2 Å². The third-order valence-electron chi connectivity index (χ3n) is 8.74. The third-order valence-corrected chi connectivity index (χ3v) is 9.68. The molecule has 302 valence electrons. The van der Waals surface area contributed by atoms with E-state index in [2.05, 4.69) is 30.9 Å². The van der Waals surface area contributed by atoms with Crippen molar-refractivity contribution >= 4 is 46.7 Å². The lowest BCUT2D eigenvalue weighted by molar-refractivity contribution is -0.0221. The van der Waals surface area contributed by atoms with Crippen molar-refractivity contribution in [2.75, 3.05) is 59.8 Å². The normalized spacial score (nSPS) is 16.7. The SMILES string of the molecule is COC(=O)N1CCC2(CC1)C[C@H](NC(=O)c1cccc3cn(COP(=O)(O)O)nc13)c1cc(Br)ccc1O2.NC(CO)(CO)CO.NC(CO)(CO)CO. The zero-order valence-corrected chi connectivity index (χ0v) is 31.9. The Morgan fingerprint density at radius 2 is 1.57 bits per heavy atom. The maximum Gasteiger partial charge on any atom is 0.471 e. The molecule has 5 rings (SSSR count). The smallest absolute Gasteiger partial charge is 0.471 e. The molecule has 13 N–H and O–H groups in total. The largest absolute Gasteiger partial charge is 0.487 e. The number of fused-ring (bicyclic) bond motifs is 2. The summed E-state index contributed by atoms with van der Waals surface area (Å²) in [6.07, 6.45) is 2.86. The number of methoxy groups -OCH3 is 1. The summed E-state index contributed by atoms with van der Waals surface area (Å²) in [5.74, 6) is 0.324. The molecule has 1 fully saturated rings. The summed E-state index contributed by atoms with van der Waals surface area (Å²) in [5, 5.41) is 58.1. The number of halogens is 1. The van der Waals surface area contributed by atoms with Gasteiger partial charge >= 0.3 is 13.9 Å². The van der Waals surface area contributed by atoms with Crippen molar-refractivity contribution in [2.45, 2.75) is 48.7 Å². The van der Waals surface area contributed by atoms with Crippen LogP contribution in [0.25, 0.3) is 10.9 Å². The Balaban J connectivity index is 0.000000410. The van der Waals surface area contributed by atoms with Crippen molar-refractivity contribution in [2.24, 2.45) is 11.5 Å². The first kappa shape index (κ1) is 45.1. The summed E-state index contributed by atoms with van der Waals surface area (Å²) >= 11 is 3.51. The Morgan fingerprint density at radius 3 is 2.07 bits per heavy atom. The first-order chi connectivity index (χ1) is 25.4. The molecular formula is C32H48BrN6O14P. The Kier molecular flexibility index (Phi) is 16.3. The molecule has 0 aliphatic carbocycles. The van der Waals surface area contributed by atoms with Crippen LogP contribution in [-0.2, 0) is 20.6 Å². The van der Waals surface area contributed by atoms with Crippen molar-refractivity contribution < 1.29 is 68.6 Å². The minimum absolute atomic E-state index is 0.315. The minimum atomic E-state index is -4.68. The Bertz CT molecular complexity index is 1710. The fourth-order valence-corrected chi connectivity index (χ4v) is 5.96. The summed E-state index contributed by atoms with van der Waals surface area (Å²) < 4.78 is 29.0. The third kappa shape index (κ3) is 12.1. The second-order valence-corrected chi connectivity index (χ2v) is 15.1. The van der Waals surface area contributed by atoms with E-state index in [1.807, 2.05) is 18.2 Å². The van der Waals surface area contributed by atoms with Crippen LogP contribution in [0, 0.1) is 0 Å². The van der Waals surface area contributed by atoms with Crippen LogP contribution in [0.2, 0.25) is 0 Å². The highest BCUT2D eigenvalue weighted by Gasteiger charge is 2.45. The van der Waals surface area contributed by atoms with Crippen molar-refractivity contribution in [3.63, 3.8) is 0 Å². The van der Waals surface area contributed by atoms with Crippen LogP contribution in [0.5, 0.6) is 5.75 Å². The van der Waals surface area contributed by atoms with Gasteiger partial charge in [-0.25, -0.2) is 14.0 Å². The molecule has 3 heterocycles. The maximum absolute atomic E-state index is 13.6. The molecule has 1 saturated heterocycles. The molecular weight excluding hydrogens is 803 g/mol. The predicted molar refractivity (Wildman–Crippen MR) is 195 cm³/mol. The number of hydrogen-bond acceptors (Lipinski definition) is 15. The lowest BCUT2D eigenvalue weighted by Gasteiger charge is -2.46. The first-order valence-corrected chi connectivity index (χ1v) is 18.8. The Hall–Kier alpha value is -3.28. The number of benzene rings is 2. The van der Waals surface area contributed by atoms with Gasteiger partial charge in [-0.3, -0.25) is 9.32 Å². The van der Waals surface area contributed by atoms with Crippen LogP contribution in [0.4, 0.5) is 4.79 Å². The standard InChI is InChI=1S/C24H26BrN4O8P.2C4H11NO3/c1-35-23(31)28-9-7-24(8-10-28)12-19(18-11-16(25)5-6-20(18)37-24)26-22(30)17-4-2-3-15-13-29(27-21(15)17)14-36-38(32,33)34;2*5-4(1-6,2-7)3-8/h2-6,11,13,19H,7-10,12,14H2,1H3,(H,26,30)(H2,32,33,34);2*6-8H,1-3,5H2/t19-;;/m0../s1. The fraction of sp³-hybridized carbons (Fsp3) is 0.531. The van der Waals surface area contributed by atoms with Gasteiger partial charge in [0.05, 0.1) is 69.4 Å². The number of ether oxygens (including phenoxy) is 2. The number of nitrogens with one attached hydrogen (secondary N) is 1. The molecule has 2 amide bonds. The van der Waals surface area contributed by atoms with Crippen LogP contribution in [-0.4, -0.2) is 144 Å². The number of aliphatic hydroxyl groups excluding tert-OH is 6. The second-order valence-electron chi connectivity index (χ2n) is 13.0. The second kappa shape index (κ2) is 19.5. The number of carbonyl (C=O) groups is 2. The van der Waals surface area contributed by atoms with Gasteiger partial charge in [-0.05, 0) is 24.3 Å². The molecule has 0 bridgehead atoms. The van der Waals surface area contributed by atoms with Crippen LogP contribution >= 0.6 is 23.8 Å². The number of rotatable bonds is 11. The van der Waals surface area contributed by atoms with Gasteiger partial charge in [0.1, 0.15) is 16.9 Å². The van der Waals surface area contributed by atoms with Crippen LogP contribution in [0.15, 0.2) is 47.1 Å². The zero-order chi connectivity index (χ0) is 40.3. The molecule has 22 heteroatoms. The average Bonchev–Trinajstić information content (AvgIpc) is 3.60. The lowest BCUT2D eigenvalue weighted by atomic mass is 9.80. The molecule has 2 aromatic carbocycles. The van der Waals surface area contributed by atoms with E-state index in [4.69, 9.17) is 61.4 Å². The van der Waals surface area contributed by atoms with Gasteiger partial charge in [-0.1, -0.05) is 28.1 Å². The summed E-state index contributed by atoms with van der Waals surface area (Å²) in [5.41, 5.74) is 8.84. The number of phosphoric ester groups is 1. The number of likely N-dealkylation sites (tertiary alicyclic amines) is 1. The highest BCUT2D eigenvalue weighted by Crippen LogP contribution is 2.45. The summed E-state index contributed by atoms with van der Waals surface area (Å²) in [4.78, 5) is 45.2. The number of phosphoric acid groups is 1. The van der Waals surface area contributed by atoms with Gasteiger partial charge in [0.2, 0.25) is 0 Å². The molecule has 1 aromatic heterocycles. The highest BCUT2D eigenvalue weighted by molar-refractivity contribution is 9.10. The average molecular weight is 852 g/mol. The predicted octanol–water partition coefficient (Wildman–Crippen LogP) is -0.958. The molecule has 20 nitrogen and oxygen atoms in total. The van der Waals surface area contributed by atoms with Crippen LogP contribution in [0.3, 0.4) is 0 Å². The van der Waals surface area contributed by atoms with Gasteiger partial charge in [0, 0.05) is 54.0 Å². The van der Waals surface area contributed by atoms with Crippen molar-refractivity contribution in [1.82, 2.24) is 20.0 Å². The van der Waals surface area contributed by atoms with E-state index in [-0.39, 0.29) is 18.0 Å². The monoisotopic (exact) mass is 850 g/mol. The first-order valence-electron chi connectivity index (χ1n) is 16.4. The van der Waals surface area contributed by atoms with Crippen molar-refractivity contribution in [1.29, 1.82) is 0 Å². The van der Waals surface area contributed by atoms with E-state index < -0.39 is 70.9 Å². The number of amides is 2. The Morgan fingerprint density at radius 1 is 1.00 bits per heavy atom. The summed E-state index contributed by atoms with van der Waals surface area (Å²) in [6.45, 7) is -1.92. The molecule has 2 aliphatic rings. The zero-order valence-electron chi connectivity index (χ0n) is 29.5. The number of hydrogen-bond donors (Lipinski definition) is 11. The minimum Gasteiger partial charge on any atom is -0.487 e. The molecule has 0 radical (unpaired) electrons. The van der Waals surface area contributed by atoms with E-state index in [0.29, 0.717) is 54.6 Å². The quantitative estimate of drug-likeness (QED) is 0.104. The van der Waals surface area contributed by atoms with Gasteiger partial charge in [0.25, 0.3) is 5.91 Å². The molecule has 0 unspecified atom stereocenters. The molecule has 54 heavy (non-hydrogen) atoms. The van der Waals surface area contributed by atoms with Crippen molar-refractivity contribution in [3.05, 3.63) is 58.2 Å². The topological polar surface area (TPSA) is 326 Å². The van der Waals surface area contributed by atoms with Gasteiger partial charge in [-0.2, -0.15) is 5.10 Å². The number of carbonyl (C=O) groups excluding carboxylic acids is 2. The number of nitrogens with zero attached hydrogens (tertiary/aromatic N) is 3. The van der Waals surface area contributed by atoms with Gasteiger partial charge in [0.15, 0.2) is 6.73 Å². The molecule has 3 aromatic rings. The van der Waals surface area contributed by atoms with Crippen LogP contribution in [0.1, 0.15) is 41.2 Å². The van der Waals surface area contributed by atoms with E-state index in [0.717, 1.165) is 10.0 Å². The Labute approximate surface area is 318 Å². The van der Waals surface area contributed by atoms with Crippen molar-refractivity contribution in [3.8, 4) is 5.75 Å². The highest BCUT2D eigenvalue weighted by atomic mass is 79.9. The number of nitrogens with two attached hydrogens (primary N) is 2. The number of piperidine rings is 1. The van der Waals surface area contributed by atoms with Gasteiger partial charge < -0.3 is 71.6 Å². The summed E-state index contributed by atoms with van der Waals surface area (Å²) in [7, 11) is -3.32. The van der Waals surface area contributed by atoms with E-state index in [1.54, 1.807) is 29.3 Å². The van der Waals surface area contributed by atoms with Gasteiger partial charge in [-0.15, -0.1) is 0 Å². The molecule has 0 saturated carbocycles. The number of aromatic nitrogens is 2.